The lowest BCUT2D eigenvalue weighted by atomic mass is 9.74. The van der Waals surface area contributed by atoms with E-state index in [1.54, 1.807) is 0 Å². The molecule has 2 aromatic heterocycles. The smallest absolute Gasteiger partial charge is 0.319 e. The normalized spacial score (nSPS) is 22.7. The van der Waals surface area contributed by atoms with E-state index >= 15 is 8.78 Å². The maximum absolute atomic E-state index is 17.3. The summed E-state index contributed by atoms with van der Waals surface area (Å²) >= 11 is 8.01. The second-order valence-electron chi connectivity index (χ2n) is 13.7. The van der Waals surface area contributed by atoms with Crippen LogP contribution in [0.1, 0.15) is 56.9 Å². The van der Waals surface area contributed by atoms with Gasteiger partial charge in [-0.15, -0.1) is 11.3 Å². The number of nitrogen functional groups attached to an aromatic ring is 1. The molecule has 2 fully saturated rings. The first kappa shape index (κ1) is 32.2. The average Bonchev–Trinajstić information content (AvgIpc) is 3.59. The van der Waals surface area contributed by atoms with Crippen LogP contribution in [0.3, 0.4) is 0 Å². The Balaban J connectivity index is 1.38. The van der Waals surface area contributed by atoms with Crippen molar-refractivity contribution >= 4 is 60.7 Å². The number of thiophene rings is 1. The lowest BCUT2D eigenvalue weighted by Crippen LogP contribution is -2.60. The summed E-state index contributed by atoms with van der Waals surface area (Å²) in [5.74, 6) is -0.629. The summed E-state index contributed by atoms with van der Waals surface area (Å²) < 4.78 is 45.4. The van der Waals surface area contributed by atoms with Crippen LogP contribution in [0.15, 0.2) is 12.1 Å². The molecule has 3 aliphatic heterocycles. The third kappa shape index (κ3) is 5.05. The minimum atomic E-state index is -0.770. The number of likely N-dealkylation sites (N-methyl/N-ethyl adjacent to an activating group) is 2. The molecule has 2 aromatic carbocycles. The van der Waals surface area contributed by atoms with E-state index in [0.717, 1.165) is 50.0 Å². The van der Waals surface area contributed by atoms with Gasteiger partial charge in [-0.1, -0.05) is 17.7 Å². The van der Waals surface area contributed by atoms with Crippen LogP contribution < -0.4 is 20.1 Å². The summed E-state index contributed by atoms with van der Waals surface area (Å²) in [6.45, 7) is 1.99. The van der Waals surface area contributed by atoms with E-state index in [1.807, 2.05) is 16.8 Å². The number of fused-ring (bicyclic) bond motifs is 2. The number of nitrogens with two attached hydrogens (primary N) is 1. The summed E-state index contributed by atoms with van der Waals surface area (Å²) in [6, 6.07) is 4.79. The quantitative estimate of drug-likeness (QED) is 0.249. The average molecular weight is 708 g/mol. The van der Waals surface area contributed by atoms with Gasteiger partial charge in [0.15, 0.2) is 11.6 Å². The van der Waals surface area contributed by atoms with E-state index in [2.05, 4.69) is 18.0 Å². The van der Waals surface area contributed by atoms with Gasteiger partial charge in [-0.25, -0.2) is 8.78 Å². The molecule has 5 heterocycles. The van der Waals surface area contributed by atoms with Crippen LogP contribution in [-0.4, -0.2) is 83.7 Å². The predicted octanol–water partition coefficient (Wildman–Crippen LogP) is 6.50. The number of nitriles is 1. The number of ether oxygens (including phenoxy) is 2. The van der Waals surface area contributed by atoms with Crippen molar-refractivity contribution in [3.05, 3.63) is 34.4 Å². The number of carbonyl (C=O) groups is 1. The van der Waals surface area contributed by atoms with Crippen LogP contribution in [-0.2, 0) is 4.79 Å². The Morgan fingerprint density at radius 1 is 1.12 bits per heavy atom. The number of benzene rings is 2. The van der Waals surface area contributed by atoms with Crippen molar-refractivity contribution in [1.29, 1.82) is 5.26 Å². The SMILES string of the molecule is CN1CCC[C@H]1C1CCCC(=O)N(C)C2(CCC2)CN2CCOc3c(Cl)c(-c4ccc(F)c5sc(N)c(C#N)c45)c(F)c4nc(nc2c34)O1. The molecule has 2 bridgehead atoms. The maximum Gasteiger partial charge on any atom is 0.319 e. The summed E-state index contributed by atoms with van der Waals surface area (Å²) in [5, 5.41) is 10.5. The van der Waals surface area contributed by atoms with Gasteiger partial charge in [0.1, 0.15) is 40.9 Å². The van der Waals surface area contributed by atoms with E-state index in [9.17, 15) is 10.1 Å². The molecule has 49 heavy (non-hydrogen) atoms. The van der Waals surface area contributed by atoms with Gasteiger partial charge in [-0.3, -0.25) is 9.69 Å². The molecular weight excluding hydrogens is 672 g/mol. The number of halogens is 3. The summed E-state index contributed by atoms with van der Waals surface area (Å²) in [6.07, 6.45) is 5.92. The van der Waals surface area contributed by atoms with Crippen molar-refractivity contribution in [2.75, 3.05) is 51.0 Å². The van der Waals surface area contributed by atoms with Gasteiger partial charge < -0.3 is 25.0 Å². The van der Waals surface area contributed by atoms with Gasteiger partial charge in [0.05, 0.1) is 32.8 Å². The number of carbonyl (C=O) groups excluding carboxylic acids is 1. The Kier molecular flexibility index (Phi) is 7.96. The fourth-order valence-corrected chi connectivity index (χ4v) is 9.50. The summed E-state index contributed by atoms with van der Waals surface area (Å²) in [7, 11) is 3.95. The van der Waals surface area contributed by atoms with Crippen molar-refractivity contribution < 1.29 is 23.0 Å². The molecular formula is C35H36ClF2N7O3S. The predicted molar refractivity (Wildman–Crippen MR) is 185 cm³/mol. The third-order valence-electron chi connectivity index (χ3n) is 11.0. The highest BCUT2D eigenvalue weighted by Gasteiger charge is 2.46. The highest BCUT2D eigenvalue weighted by Crippen LogP contribution is 2.51. The zero-order valence-electron chi connectivity index (χ0n) is 27.3. The van der Waals surface area contributed by atoms with Gasteiger partial charge >= 0.3 is 6.01 Å². The van der Waals surface area contributed by atoms with Crippen LogP contribution in [0.25, 0.3) is 32.1 Å². The second kappa shape index (κ2) is 12.1. The Morgan fingerprint density at radius 3 is 2.65 bits per heavy atom. The molecule has 1 spiro atoms. The third-order valence-corrected chi connectivity index (χ3v) is 12.4. The van der Waals surface area contributed by atoms with E-state index in [1.165, 1.54) is 12.1 Å². The van der Waals surface area contributed by atoms with Gasteiger partial charge in [0, 0.05) is 37.0 Å². The van der Waals surface area contributed by atoms with Gasteiger partial charge in [-0.05, 0) is 70.2 Å². The minimum absolute atomic E-state index is 0.0288. The molecule has 8 rings (SSSR count). The maximum atomic E-state index is 17.3. The topological polar surface area (TPSA) is 121 Å². The first-order valence-electron chi connectivity index (χ1n) is 16.8. The molecule has 14 heteroatoms. The van der Waals surface area contributed by atoms with Crippen LogP contribution in [0.2, 0.25) is 5.02 Å². The molecule has 10 nitrogen and oxygen atoms in total. The van der Waals surface area contributed by atoms with Crippen molar-refractivity contribution in [3.8, 4) is 29.0 Å². The molecule has 2 N–H and O–H groups in total. The highest BCUT2D eigenvalue weighted by atomic mass is 35.5. The molecule has 1 saturated heterocycles. The van der Waals surface area contributed by atoms with Crippen LogP contribution >= 0.6 is 22.9 Å². The molecule has 2 atom stereocenters. The Morgan fingerprint density at radius 2 is 1.94 bits per heavy atom. The van der Waals surface area contributed by atoms with Crippen LogP contribution in [0.4, 0.5) is 19.6 Å². The molecule has 1 aliphatic carbocycles. The fraction of sp³-hybridized carbons (Fsp3) is 0.486. The molecule has 4 aliphatic rings. The molecule has 0 radical (unpaired) electrons. The van der Waals surface area contributed by atoms with Crippen molar-refractivity contribution in [2.45, 2.75) is 69.1 Å². The number of nitrogens with zero attached hydrogens (tertiary/aromatic N) is 6. The molecule has 1 unspecified atom stereocenters. The zero-order valence-corrected chi connectivity index (χ0v) is 28.9. The first-order valence-corrected chi connectivity index (χ1v) is 18.0. The van der Waals surface area contributed by atoms with Crippen LogP contribution in [0.5, 0.6) is 11.8 Å². The number of rotatable bonds is 2. The van der Waals surface area contributed by atoms with E-state index in [4.69, 9.17) is 36.8 Å². The van der Waals surface area contributed by atoms with E-state index < -0.39 is 17.2 Å². The molecule has 4 aromatic rings. The van der Waals surface area contributed by atoms with Crippen molar-refractivity contribution in [3.63, 3.8) is 0 Å². The second-order valence-corrected chi connectivity index (χ2v) is 15.1. The Bertz CT molecular complexity index is 2070. The molecule has 256 valence electrons. The molecule has 1 amide bonds. The van der Waals surface area contributed by atoms with Crippen LogP contribution in [0, 0.1) is 23.0 Å². The number of likely N-dealkylation sites (tertiary alicyclic amines) is 1. The highest BCUT2D eigenvalue weighted by molar-refractivity contribution is 7.23. The van der Waals surface area contributed by atoms with E-state index in [0.29, 0.717) is 43.6 Å². The standard InChI is InChI=1S/C35H36ClF2N7O3S/c1-43-13-4-6-21(43)22-7-3-8-23(46)44(2)35(11-5-12-35)17-45-14-15-47-30-26-29(41-34(48-22)42-33(26)45)28(38)25(27(30)36)18-9-10-20(37)31-24(18)19(16-39)32(40)49-31/h9-10,21-22H,3-8,11-15,17,40H2,1-2H3/t21-,22?/m0/s1. The van der Waals surface area contributed by atoms with E-state index in [-0.39, 0.29) is 78.7 Å². The Labute approximate surface area is 291 Å². The lowest BCUT2D eigenvalue weighted by molar-refractivity contribution is -0.139. The number of aromatic nitrogens is 2. The lowest BCUT2D eigenvalue weighted by Gasteiger charge is -2.51. The van der Waals surface area contributed by atoms with Gasteiger partial charge in [0.2, 0.25) is 5.91 Å². The number of hydrogen-bond acceptors (Lipinski definition) is 10. The first-order chi connectivity index (χ1) is 23.6. The monoisotopic (exact) mass is 707 g/mol. The number of amides is 1. The fourth-order valence-electron chi connectivity index (χ4n) is 8.21. The van der Waals surface area contributed by atoms with Gasteiger partial charge in [0.25, 0.3) is 0 Å². The largest absolute Gasteiger partial charge is 0.489 e. The number of hydrogen-bond donors (Lipinski definition) is 1. The molecule has 1 saturated carbocycles. The Hall–Kier alpha value is -3.99. The minimum Gasteiger partial charge on any atom is -0.489 e. The van der Waals surface area contributed by atoms with Gasteiger partial charge in [-0.2, -0.15) is 15.2 Å². The van der Waals surface area contributed by atoms with Crippen molar-refractivity contribution in [2.24, 2.45) is 0 Å². The zero-order chi connectivity index (χ0) is 34.2. The summed E-state index contributed by atoms with van der Waals surface area (Å²) in [4.78, 5) is 29.5. The summed E-state index contributed by atoms with van der Waals surface area (Å²) in [5.41, 5.74) is 5.85. The number of anilines is 2. The van der Waals surface area contributed by atoms with Crippen molar-refractivity contribution in [1.82, 2.24) is 19.8 Å².